The minimum absolute atomic E-state index is 0.000148. The van der Waals surface area contributed by atoms with E-state index in [1.165, 1.54) is 11.3 Å². The van der Waals surface area contributed by atoms with E-state index >= 15 is 0 Å². The van der Waals surface area contributed by atoms with E-state index in [1.54, 1.807) is 0 Å². The number of carbonyl (C=O) groups is 2. The first-order valence-electron chi connectivity index (χ1n) is 7.49. The molecule has 1 heterocycles. The van der Waals surface area contributed by atoms with E-state index in [2.05, 4.69) is 26.1 Å². The van der Waals surface area contributed by atoms with E-state index in [0.29, 0.717) is 6.42 Å². The molecule has 1 N–H and O–H groups in total. The highest BCUT2D eigenvalue weighted by Gasteiger charge is 2.37. The summed E-state index contributed by atoms with van der Waals surface area (Å²) in [5.74, 6) is 0.0184. The van der Waals surface area contributed by atoms with Crippen molar-refractivity contribution < 1.29 is 9.59 Å². The van der Waals surface area contributed by atoms with Gasteiger partial charge in [-0.05, 0) is 24.7 Å². The number of imide groups is 1. The number of hydrogen-bond donors (Lipinski definition) is 1. The molecule has 1 atom stereocenters. The fourth-order valence-electron chi connectivity index (χ4n) is 3.29. The van der Waals surface area contributed by atoms with E-state index in [-0.39, 0.29) is 29.4 Å². The molecule has 108 valence electrons. The van der Waals surface area contributed by atoms with Crippen LogP contribution in [0.5, 0.6) is 0 Å². The Labute approximate surface area is 115 Å². The summed E-state index contributed by atoms with van der Waals surface area (Å²) in [7, 11) is 0. The molecule has 4 heteroatoms. The minimum Gasteiger partial charge on any atom is -0.334 e. The molecule has 0 aromatic carbocycles. The maximum Gasteiger partial charge on any atom is 0.324 e. The van der Waals surface area contributed by atoms with E-state index in [0.717, 1.165) is 32.1 Å². The SMILES string of the molecule is CC(C)(C)CC1CC(=O)N(C2CCCCC2)C(=O)N1. The minimum atomic E-state index is -0.169. The van der Waals surface area contributed by atoms with Crippen LogP contribution in [-0.4, -0.2) is 28.9 Å². The third-order valence-corrected chi connectivity index (χ3v) is 4.03. The molecule has 19 heavy (non-hydrogen) atoms. The molecular formula is C15H26N2O2. The van der Waals surface area contributed by atoms with Gasteiger partial charge in [-0.1, -0.05) is 40.0 Å². The summed E-state index contributed by atoms with van der Waals surface area (Å²) < 4.78 is 0. The van der Waals surface area contributed by atoms with Crippen LogP contribution in [-0.2, 0) is 4.79 Å². The van der Waals surface area contributed by atoms with Crippen molar-refractivity contribution in [2.45, 2.75) is 77.8 Å². The number of nitrogens with zero attached hydrogens (tertiary/aromatic N) is 1. The van der Waals surface area contributed by atoms with Crippen molar-refractivity contribution in [3.63, 3.8) is 0 Å². The first-order valence-corrected chi connectivity index (χ1v) is 7.49. The second kappa shape index (κ2) is 5.51. The Balaban J connectivity index is 1.98. The second-order valence-corrected chi connectivity index (χ2v) is 7.17. The lowest BCUT2D eigenvalue weighted by Crippen LogP contribution is -2.58. The van der Waals surface area contributed by atoms with Crippen LogP contribution < -0.4 is 5.32 Å². The van der Waals surface area contributed by atoms with Crippen LogP contribution in [0, 0.1) is 5.41 Å². The lowest BCUT2D eigenvalue weighted by Gasteiger charge is -2.39. The highest BCUT2D eigenvalue weighted by molar-refractivity contribution is 5.97. The van der Waals surface area contributed by atoms with E-state index in [1.807, 2.05) is 0 Å². The number of carbonyl (C=O) groups excluding carboxylic acids is 2. The molecule has 1 saturated carbocycles. The molecule has 3 amide bonds. The summed E-state index contributed by atoms with van der Waals surface area (Å²) in [6.45, 7) is 6.41. The van der Waals surface area contributed by atoms with Crippen LogP contribution in [0.3, 0.4) is 0 Å². The number of hydrogen-bond acceptors (Lipinski definition) is 2. The van der Waals surface area contributed by atoms with Crippen molar-refractivity contribution in [3.05, 3.63) is 0 Å². The summed E-state index contributed by atoms with van der Waals surface area (Å²) in [5.41, 5.74) is 0.130. The third-order valence-electron chi connectivity index (χ3n) is 4.03. The standard InChI is InChI=1S/C15H26N2O2/c1-15(2,3)10-11-9-13(18)17(14(19)16-11)12-7-5-4-6-8-12/h11-12H,4-10H2,1-3H3,(H,16,19). The molecule has 2 aliphatic rings. The summed E-state index contributed by atoms with van der Waals surface area (Å²) in [5, 5.41) is 3.02. The second-order valence-electron chi connectivity index (χ2n) is 7.17. The van der Waals surface area contributed by atoms with Gasteiger partial charge in [0.05, 0.1) is 0 Å². The van der Waals surface area contributed by atoms with Gasteiger partial charge in [0.1, 0.15) is 0 Å². The molecule has 0 bridgehead atoms. The van der Waals surface area contributed by atoms with E-state index in [9.17, 15) is 9.59 Å². The van der Waals surface area contributed by atoms with Crippen LogP contribution in [0.25, 0.3) is 0 Å². The topological polar surface area (TPSA) is 49.4 Å². The van der Waals surface area contributed by atoms with Crippen molar-refractivity contribution in [1.82, 2.24) is 10.2 Å². The van der Waals surface area contributed by atoms with Crippen LogP contribution in [0.4, 0.5) is 4.79 Å². The molecule has 0 aromatic rings. The highest BCUT2D eigenvalue weighted by atomic mass is 16.2. The van der Waals surface area contributed by atoms with Gasteiger partial charge in [0.15, 0.2) is 0 Å². The molecule has 1 saturated heterocycles. The van der Waals surface area contributed by atoms with Crippen molar-refractivity contribution in [1.29, 1.82) is 0 Å². The van der Waals surface area contributed by atoms with Gasteiger partial charge < -0.3 is 5.32 Å². The van der Waals surface area contributed by atoms with Crippen LogP contribution in [0.2, 0.25) is 0 Å². The summed E-state index contributed by atoms with van der Waals surface area (Å²) in [4.78, 5) is 26.0. The van der Waals surface area contributed by atoms with Gasteiger partial charge in [-0.25, -0.2) is 4.79 Å². The lowest BCUT2D eigenvalue weighted by molar-refractivity contribution is -0.132. The normalized spacial score (nSPS) is 26.5. The predicted octanol–water partition coefficient (Wildman–Crippen LogP) is 3.07. The Morgan fingerprint density at radius 2 is 1.79 bits per heavy atom. The lowest BCUT2D eigenvalue weighted by atomic mass is 9.85. The molecule has 4 nitrogen and oxygen atoms in total. The molecule has 1 aliphatic heterocycles. The maximum absolute atomic E-state index is 12.3. The van der Waals surface area contributed by atoms with Gasteiger partial charge in [-0.15, -0.1) is 0 Å². The Hall–Kier alpha value is -1.06. The van der Waals surface area contributed by atoms with Crippen LogP contribution in [0.15, 0.2) is 0 Å². The quantitative estimate of drug-likeness (QED) is 0.835. The Bertz CT molecular complexity index is 336. The Morgan fingerprint density at radius 1 is 1.16 bits per heavy atom. The van der Waals surface area contributed by atoms with Gasteiger partial charge in [0.2, 0.25) is 5.91 Å². The smallest absolute Gasteiger partial charge is 0.324 e. The molecule has 2 fully saturated rings. The van der Waals surface area contributed by atoms with Crippen molar-refractivity contribution in [3.8, 4) is 0 Å². The van der Waals surface area contributed by atoms with Crippen molar-refractivity contribution in [2.24, 2.45) is 5.41 Å². The fourth-order valence-corrected chi connectivity index (χ4v) is 3.29. The number of amides is 3. The average molecular weight is 266 g/mol. The van der Waals surface area contributed by atoms with Gasteiger partial charge in [0.25, 0.3) is 0 Å². The number of urea groups is 1. The molecule has 1 unspecified atom stereocenters. The number of rotatable bonds is 2. The third kappa shape index (κ3) is 3.71. The monoisotopic (exact) mass is 266 g/mol. The zero-order valence-corrected chi connectivity index (χ0v) is 12.4. The van der Waals surface area contributed by atoms with Crippen molar-refractivity contribution in [2.75, 3.05) is 0 Å². The summed E-state index contributed by atoms with van der Waals surface area (Å²) in [6, 6.07) is -0.0333. The van der Waals surface area contributed by atoms with Gasteiger partial charge in [-0.2, -0.15) is 0 Å². The predicted molar refractivity (Wildman–Crippen MR) is 74.7 cm³/mol. The molecule has 1 aliphatic carbocycles. The summed E-state index contributed by atoms with van der Waals surface area (Å²) in [6.07, 6.45) is 6.75. The molecule has 0 spiro atoms. The molecule has 0 radical (unpaired) electrons. The Kier molecular flexibility index (Phi) is 4.16. The first kappa shape index (κ1) is 14.4. The van der Waals surface area contributed by atoms with Gasteiger partial charge >= 0.3 is 6.03 Å². The van der Waals surface area contributed by atoms with Crippen molar-refractivity contribution >= 4 is 11.9 Å². The largest absolute Gasteiger partial charge is 0.334 e. The molecular weight excluding hydrogens is 240 g/mol. The highest BCUT2D eigenvalue weighted by Crippen LogP contribution is 2.28. The molecule has 2 rings (SSSR count). The van der Waals surface area contributed by atoms with Gasteiger partial charge in [-0.3, -0.25) is 9.69 Å². The number of nitrogens with one attached hydrogen (secondary N) is 1. The zero-order valence-electron chi connectivity index (χ0n) is 12.4. The molecule has 0 aromatic heterocycles. The maximum atomic E-state index is 12.3. The Morgan fingerprint density at radius 3 is 2.32 bits per heavy atom. The average Bonchev–Trinajstić information content (AvgIpc) is 2.27. The first-order chi connectivity index (χ1) is 8.87. The fraction of sp³-hybridized carbons (Fsp3) is 0.867. The van der Waals surface area contributed by atoms with Gasteiger partial charge in [0, 0.05) is 18.5 Å². The zero-order chi connectivity index (χ0) is 14.0. The van der Waals surface area contributed by atoms with E-state index < -0.39 is 0 Å². The van der Waals surface area contributed by atoms with Crippen LogP contribution >= 0.6 is 0 Å². The van der Waals surface area contributed by atoms with Crippen LogP contribution in [0.1, 0.15) is 65.7 Å². The van der Waals surface area contributed by atoms with E-state index in [4.69, 9.17) is 0 Å². The summed E-state index contributed by atoms with van der Waals surface area (Å²) >= 11 is 0.